The number of hydrogen-bond acceptors (Lipinski definition) is 11. The van der Waals surface area contributed by atoms with E-state index in [4.69, 9.17) is 10.5 Å². The molecule has 1 saturated heterocycles. The summed E-state index contributed by atoms with van der Waals surface area (Å²) in [6, 6.07) is 18.5. The minimum absolute atomic E-state index is 0.214. The van der Waals surface area contributed by atoms with Crippen LogP contribution in [0.3, 0.4) is 0 Å². The Balaban J connectivity index is 1.29. The molecule has 2 atom stereocenters. The minimum Gasteiger partial charge on any atom is -0.448 e. The third kappa shape index (κ3) is 4.85. The van der Waals surface area contributed by atoms with E-state index in [9.17, 15) is 14.7 Å². The molecule has 0 saturated carbocycles. The molecule has 1 amide bonds. The predicted molar refractivity (Wildman–Crippen MR) is 150 cm³/mol. The number of ether oxygens (including phenoxy) is 1. The highest BCUT2D eigenvalue weighted by molar-refractivity contribution is 8.03. The lowest BCUT2D eigenvalue weighted by Crippen LogP contribution is -2.68. The quantitative estimate of drug-likeness (QED) is 0.326. The second-order valence-electron chi connectivity index (χ2n) is 9.10. The van der Waals surface area contributed by atoms with Crippen molar-refractivity contribution in [2.45, 2.75) is 17.5 Å². The first-order valence-corrected chi connectivity index (χ1v) is 14.3. The van der Waals surface area contributed by atoms with Gasteiger partial charge in [0.25, 0.3) is 0 Å². The van der Waals surface area contributed by atoms with Gasteiger partial charge in [0.1, 0.15) is 23.8 Å². The van der Waals surface area contributed by atoms with Gasteiger partial charge in [-0.2, -0.15) is 0 Å². The number of hydrogen-bond donors (Lipinski definition) is 3. The molecule has 2 aromatic rings. The van der Waals surface area contributed by atoms with Crippen LogP contribution in [0, 0.1) is 0 Å². The van der Waals surface area contributed by atoms with Crippen LogP contribution < -0.4 is 11.3 Å². The fourth-order valence-electron chi connectivity index (χ4n) is 4.68. The standard InChI is InChI=1S/C27H26N6O4S2/c28-22-25(35)32-23(27(36)37-24(17-7-3-1-4-8-17)18-9-5-2-6-10-18)19(15-39-26(22)32)14-38-21-11-12-29-20-13-31(16-34)30-33(20)21/h1-13,22,24,26,30,34H,14-16,28H2/t22?,26-/m1/s1. The Labute approximate surface area is 233 Å². The Morgan fingerprint density at radius 3 is 2.54 bits per heavy atom. The number of aliphatic hydroxyl groups excluding tert-OH is 1. The van der Waals surface area contributed by atoms with Crippen LogP contribution in [0.2, 0.25) is 0 Å². The number of amides is 1. The number of β-lactam (4-membered cyclic amide) rings is 1. The van der Waals surface area contributed by atoms with E-state index in [1.165, 1.54) is 21.7 Å². The maximum atomic E-state index is 13.9. The van der Waals surface area contributed by atoms with Crippen LogP contribution >= 0.6 is 23.5 Å². The van der Waals surface area contributed by atoms with Crippen molar-refractivity contribution in [3.05, 3.63) is 106 Å². The zero-order valence-corrected chi connectivity index (χ0v) is 22.3. The molecule has 4 heterocycles. The molecule has 10 nitrogen and oxygen atoms in total. The Hall–Kier alpha value is -3.55. The SMILES string of the molecule is NC1C(=O)N2C(C(=O)OC(c3ccccc3)c3ccccc3)=C(CSC3=CC=NC4=CN(CO)NN43)CS[C@H]12. The van der Waals surface area contributed by atoms with Gasteiger partial charge in [0.05, 0.1) is 11.2 Å². The predicted octanol–water partition coefficient (Wildman–Crippen LogP) is 2.26. The number of carbonyl (C=O) groups excluding carboxylic acids is 2. The van der Waals surface area contributed by atoms with Gasteiger partial charge in [-0.25, -0.2) is 14.8 Å². The molecule has 0 aromatic heterocycles. The number of rotatable bonds is 8. The van der Waals surface area contributed by atoms with E-state index in [0.717, 1.165) is 21.7 Å². The van der Waals surface area contributed by atoms with Crippen LogP contribution in [0.15, 0.2) is 100 Å². The number of nitrogens with one attached hydrogen (secondary N) is 1. The van der Waals surface area contributed by atoms with E-state index in [1.807, 2.05) is 66.7 Å². The summed E-state index contributed by atoms with van der Waals surface area (Å²) in [5, 5.41) is 13.3. The van der Waals surface area contributed by atoms with Crippen molar-refractivity contribution in [1.82, 2.24) is 20.5 Å². The topological polar surface area (TPSA) is 124 Å². The van der Waals surface area contributed by atoms with E-state index in [0.29, 0.717) is 17.3 Å². The number of benzene rings is 2. The number of fused-ring (bicyclic) bond motifs is 2. The molecule has 4 aliphatic heterocycles. The Morgan fingerprint density at radius 1 is 1.18 bits per heavy atom. The Bertz CT molecular complexity index is 1360. The average molecular weight is 563 g/mol. The fraction of sp³-hybridized carbons (Fsp3) is 0.222. The van der Waals surface area contributed by atoms with Gasteiger partial charge in [-0.05, 0) is 22.8 Å². The molecule has 6 rings (SSSR count). The Morgan fingerprint density at radius 2 is 1.87 bits per heavy atom. The largest absolute Gasteiger partial charge is 0.448 e. The summed E-state index contributed by atoms with van der Waals surface area (Å²) >= 11 is 3.04. The molecule has 200 valence electrons. The number of allylic oxidation sites excluding steroid dienone is 1. The zero-order valence-electron chi connectivity index (χ0n) is 20.7. The molecule has 12 heteroatoms. The van der Waals surface area contributed by atoms with Crippen LogP contribution in [-0.4, -0.2) is 67.8 Å². The normalized spacial score (nSPS) is 21.9. The number of aliphatic hydroxyl groups is 1. The highest BCUT2D eigenvalue weighted by atomic mass is 32.2. The molecule has 39 heavy (non-hydrogen) atoms. The third-order valence-electron chi connectivity index (χ3n) is 6.63. The molecule has 4 aliphatic rings. The molecule has 0 spiro atoms. The molecule has 2 aromatic carbocycles. The summed E-state index contributed by atoms with van der Waals surface area (Å²) in [7, 11) is 0. The van der Waals surface area contributed by atoms with Crippen LogP contribution in [0.4, 0.5) is 0 Å². The smallest absolute Gasteiger partial charge is 0.356 e. The summed E-state index contributed by atoms with van der Waals surface area (Å²) in [4.78, 5) is 32.6. The maximum Gasteiger partial charge on any atom is 0.356 e. The highest BCUT2D eigenvalue weighted by Crippen LogP contribution is 2.42. The zero-order chi connectivity index (χ0) is 26.9. The molecule has 4 N–H and O–H groups in total. The van der Waals surface area contributed by atoms with E-state index in [1.54, 1.807) is 29.2 Å². The molecule has 0 aliphatic carbocycles. The number of hydrazine groups is 2. The number of esters is 1. The van der Waals surface area contributed by atoms with Crippen molar-refractivity contribution in [2.75, 3.05) is 18.2 Å². The lowest BCUT2D eigenvalue weighted by atomic mass is 10.0. The number of thioether (sulfide) groups is 2. The van der Waals surface area contributed by atoms with E-state index in [2.05, 4.69) is 10.5 Å². The van der Waals surface area contributed by atoms with Gasteiger partial charge < -0.3 is 15.6 Å². The van der Waals surface area contributed by atoms with Gasteiger partial charge in [-0.15, -0.1) is 29.1 Å². The third-order valence-corrected chi connectivity index (χ3v) is 9.10. The van der Waals surface area contributed by atoms with Crippen LogP contribution in [-0.2, 0) is 14.3 Å². The number of aliphatic imine (C=N–C) groups is 1. The van der Waals surface area contributed by atoms with E-state index >= 15 is 0 Å². The van der Waals surface area contributed by atoms with Gasteiger partial charge in [0.15, 0.2) is 11.9 Å². The van der Waals surface area contributed by atoms with Gasteiger partial charge in [0, 0.05) is 17.7 Å². The van der Waals surface area contributed by atoms with Crippen molar-refractivity contribution < 1.29 is 19.4 Å². The first-order valence-electron chi connectivity index (χ1n) is 12.3. The van der Waals surface area contributed by atoms with Gasteiger partial charge in [0.2, 0.25) is 5.91 Å². The van der Waals surface area contributed by atoms with Crippen molar-refractivity contribution in [3.8, 4) is 0 Å². The van der Waals surface area contributed by atoms with Crippen LogP contribution in [0.5, 0.6) is 0 Å². The lowest BCUT2D eigenvalue weighted by molar-refractivity contribution is -0.153. The van der Waals surface area contributed by atoms with Crippen molar-refractivity contribution in [1.29, 1.82) is 0 Å². The Kier molecular flexibility index (Phi) is 7.19. The van der Waals surface area contributed by atoms with E-state index < -0.39 is 18.1 Å². The first kappa shape index (κ1) is 25.7. The monoisotopic (exact) mass is 562 g/mol. The van der Waals surface area contributed by atoms with Crippen LogP contribution in [0.1, 0.15) is 17.2 Å². The molecule has 0 radical (unpaired) electrons. The molecule has 0 bridgehead atoms. The van der Waals surface area contributed by atoms with Crippen molar-refractivity contribution in [2.24, 2.45) is 10.7 Å². The van der Waals surface area contributed by atoms with Crippen molar-refractivity contribution >= 4 is 41.6 Å². The summed E-state index contributed by atoms with van der Waals surface area (Å²) in [5.74, 6) is 0.778. The first-order chi connectivity index (χ1) is 19.0. The minimum atomic E-state index is -0.644. The van der Waals surface area contributed by atoms with Gasteiger partial charge in [-0.1, -0.05) is 60.7 Å². The highest BCUT2D eigenvalue weighted by Gasteiger charge is 2.52. The maximum absolute atomic E-state index is 13.9. The number of nitrogens with zero attached hydrogens (tertiary/aromatic N) is 4. The fourth-order valence-corrected chi connectivity index (χ4v) is 7.09. The van der Waals surface area contributed by atoms with Crippen molar-refractivity contribution in [3.63, 3.8) is 0 Å². The van der Waals surface area contributed by atoms with Crippen LogP contribution in [0.25, 0.3) is 0 Å². The summed E-state index contributed by atoms with van der Waals surface area (Å²) in [6.07, 6.45) is 4.59. The summed E-state index contributed by atoms with van der Waals surface area (Å²) in [5.41, 5.74) is 11.9. The second kappa shape index (κ2) is 10.9. The molecular weight excluding hydrogens is 536 g/mol. The van der Waals surface area contributed by atoms with Gasteiger partial charge >= 0.3 is 5.97 Å². The molecule has 1 unspecified atom stereocenters. The summed E-state index contributed by atoms with van der Waals surface area (Å²) < 4.78 is 6.17. The molecular formula is C27H26N6O4S2. The average Bonchev–Trinajstić information content (AvgIpc) is 3.43. The number of carbonyl (C=O) groups is 2. The van der Waals surface area contributed by atoms with E-state index in [-0.39, 0.29) is 23.7 Å². The number of nitrogens with two attached hydrogens (primary N) is 1. The lowest BCUT2D eigenvalue weighted by Gasteiger charge is -2.48. The second-order valence-corrected chi connectivity index (χ2v) is 11.2. The molecule has 1 fully saturated rings. The summed E-state index contributed by atoms with van der Waals surface area (Å²) in [6.45, 7) is -0.214. The van der Waals surface area contributed by atoms with Gasteiger partial charge in [-0.3, -0.25) is 14.7 Å².